The summed E-state index contributed by atoms with van der Waals surface area (Å²) < 4.78 is 10.2. The molecule has 1 amide bonds. The number of hydrogen-bond acceptors (Lipinski definition) is 6. The summed E-state index contributed by atoms with van der Waals surface area (Å²) in [6, 6.07) is 5.58. The van der Waals surface area contributed by atoms with Gasteiger partial charge in [0, 0.05) is 44.0 Å². The zero-order chi connectivity index (χ0) is 20.2. The van der Waals surface area contributed by atoms with Gasteiger partial charge >= 0.3 is 5.97 Å². The fourth-order valence-corrected chi connectivity index (χ4v) is 2.52. The van der Waals surface area contributed by atoms with Crippen molar-refractivity contribution < 1.29 is 24.0 Å². The van der Waals surface area contributed by atoms with Crippen LogP contribution in [0.5, 0.6) is 0 Å². The van der Waals surface area contributed by atoms with Gasteiger partial charge in [-0.05, 0) is 18.9 Å². The van der Waals surface area contributed by atoms with Crippen LogP contribution in [0.3, 0.4) is 0 Å². The van der Waals surface area contributed by atoms with E-state index >= 15 is 0 Å². The van der Waals surface area contributed by atoms with E-state index in [0.29, 0.717) is 26.2 Å². The Kier molecular flexibility index (Phi) is 10.0. The number of carbonyl (C=O) groups is 2. The van der Waals surface area contributed by atoms with Crippen LogP contribution >= 0.6 is 0 Å². The van der Waals surface area contributed by atoms with Crippen LogP contribution in [0.4, 0.5) is 5.69 Å². The lowest BCUT2D eigenvalue weighted by atomic mass is 10.1. The number of ether oxygens (including phenoxy) is 2. The third kappa shape index (κ3) is 7.74. The van der Waals surface area contributed by atoms with Gasteiger partial charge in [0.2, 0.25) is 0 Å². The molecule has 0 saturated carbocycles. The number of esters is 1. The molecule has 150 valence electrons. The summed E-state index contributed by atoms with van der Waals surface area (Å²) in [5.41, 5.74) is 0.0675. The Morgan fingerprint density at radius 2 is 1.96 bits per heavy atom. The minimum absolute atomic E-state index is 0.148. The van der Waals surface area contributed by atoms with Gasteiger partial charge in [0.15, 0.2) is 0 Å². The SMILES string of the molecule is CCCCOCCCN(CC(C)C(=O)OC)C(=O)c1cccc([N+](=O)[O-])c1. The molecule has 0 N–H and O–H groups in total. The summed E-state index contributed by atoms with van der Waals surface area (Å²) in [5.74, 6) is -1.27. The molecule has 1 unspecified atom stereocenters. The first-order chi connectivity index (χ1) is 12.9. The number of rotatable bonds is 12. The molecule has 1 aromatic rings. The molecule has 0 saturated heterocycles. The van der Waals surface area contributed by atoms with E-state index in [1.807, 2.05) is 0 Å². The quantitative estimate of drug-likeness (QED) is 0.239. The number of nitro benzene ring substituents is 1. The van der Waals surface area contributed by atoms with E-state index in [2.05, 4.69) is 6.92 Å². The van der Waals surface area contributed by atoms with Crippen molar-refractivity contribution in [3.63, 3.8) is 0 Å². The standard InChI is InChI=1S/C19H28N2O6/c1-4-5-11-27-12-7-10-20(14-15(2)19(23)26-3)18(22)16-8-6-9-17(13-16)21(24)25/h6,8-9,13,15H,4-5,7,10-12,14H2,1-3H3. The molecule has 0 aliphatic rings. The number of carbonyl (C=O) groups excluding carboxylic acids is 2. The second kappa shape index (κ2) is 12.0. The van der Waals surface area contributed by atoms with E-state index in [1.54, 1.807) is 6.92 Å². The van der Waals surface area contributed by atoms with Crippen molar-refractivity contribution in [2.75, 3.05) is 33.4 Å². The number of hydrogen-bond donors (Lipinski definition) is 0. The minimum Gasteiger partial charge on any atom is -0.469 e. The maximum Gasteiger partial charge on any atom is 0.310 e. The molecule has 0 aliphatic heterocycles. The van der Waals surface area contributed by atoms with Crippen LogP contribution in [0, 0.1) is 16.0 Å². The first kappa shape index (κ1) is 22.6. The Labute approximate surface area is 159 Å². The molecular formula is C19H28N2O6. The topological polar surface area (TPSA) is 99.0 Å². The predicted octanol–water partition coefficient (Wildman–Crippen LogP) is 3.05. The second-order valence-corrected chi connectivity index (χ2v) is 6.30. The zero-order valence-electron chi connectivity index (χ0n) is 16.2. The van der Waals surface area contributed by atoms with Crippen molar-refractivity contribution in [1.29, 1.82) is 0 Å². The third-order valence-electron chi connectivity index (χ3n) is 4.05. The van der Waals surface area contributed by atoms with Crippen LogP contribution in [0.1, 0.15) is 43.5 Å². The number of nitrogens with zero attached hydrogens (tertiary/aromatic N) is 2. The number of non-ortho nitro benzene ring substituents is 1. The van der Waals surface area contributed by atoms with E-state index in [0.717, 1.165) is 12.8 Å². The fraction of sp³-hybridized carbons (Fsp3) is 0.579. The Balaban J connectivity index is 2.81. The normalized spacial score (nSPS) is 11.7. The monoisotopic (exact) mass is 380 g/mol. The first-order valence-corrected chi connectivity index (χ1v) is 9.10. The number of amides is 1. The summed E-state index contributed by atoms with van der Waals surface area (Å²) in [7, 11) is 1.30. The lowest BCUT2D eigenvalue weighted by molar-refractivity contribution is -0.384. The van der Waals surface area contributed by atoms with Crippen LogP contribution in [0.25, 0.3) is 0 Å². The average molecular weight is 380 g/mol. The van der Waals surface area contributed by atoms with E-state index in [1.165, 1.54) is 36.3 Å². The zero-order valence-corrected chi connectivity index (χ0v) is 16.2. The summed E-state index contributed by atoms with van der Waals surface area (Å²) >= 11 is 0. The maximum absolute atomic E-state index is 12.8. The lowest BCUT2D eigenvalue weighted by Gasteiger charge is -2.25. The molecular weight excluding hydrogens is 352 g/mol. The van der Waals surface area contributed by atoms with Crippen molar-refractivity contribution in [2.45, 2.75) is 33.1 Å². The van der Waals surface area contributed by atoms with Crippen molar-refractivity contribution in [3.8, 4) is 0 Å². The summed E-state index contributed by atoms with van der Waals surface area (Å²) in [6.45, 7) is 5.49. The third-order valence-corrected chi connectivity index (χ3v) is 4.05. The Hall–Kier alpha value is -2.48. The van der Waals surface area contributed by atoms with Crippen molar-refractivity contribution in [3.05, 3.63) is 39.9 Å². The smallest absolute Gasteiger partial charge is 0.310 e. The highest BCUT2D eigenvalue weighted by Crippen LogP contribution is 2.16. The van der Waals surface area contributed by atoms with Gasteiger partial charge in [-0.25, -0.2) is 0 Å². The van der Waals surface area contributed by atoms with E-state index < -0.39 is 16.8 Å². The van der Waals surface area contributed by atoms with Gasteiger partial charge < -0.3 is 14.4 Å². The van der Waals surface area contributed by atoms with Gasteiger partial charge in [-0.15, -0.1) is 0 Å². The van der Waals surface area contributed by atoms with Crippen molar-refractivity contribution in [1.82, 2.24) is 4.90 Å². The first-order valence-electron chi connectivity index (χ1n) is 9.10. The molecule has 1 rings (SSSR count). The molecule has 0 heterocycles. The van der Waals surface area contributed by atoms with E-state index in [9.17, 15) is 19.7 Å². The van der Waals surface area contributed by atoms with Gasteiger partial charge in [-0.1, -0.05) is 26.3 Å². The predicted molar refractivity (Wildman–Crippen MR) is 101 cm³/mol. The Bertz CT molecular complexity index is 634. The molecule has 8 heteroatoms. The van der Waals surface area contributed by atoms with Crippen LogP contribution in [0.15, 0.2) is 24.3 Å². The van der Waals surface area contributed by atoms with Crippen LogP contribution in [-0.2, 0) is 14.3 Å². The summed E-state index contributed by atoms with van der Waals surface area (Å²) in [4.78, 5) is 36.5. The maximum atomic E-state index is 12.8. The lowest BCUT2D eigenvalue weighted by Crippen LogP contribution is -2.38. The Morgan fingerprint density at radius 3 is 2.59 bits per heavy atom. The highest BCUT2D eigenvalue weighted by molar-refractivity contribution is 5.95. The van der Waals surface area contributed by atoms with Crippen LogP contribution in [-0.4, -0.2) is 55.1 Å². The van der Waals surface area contributed by atoms with Crippen molar-refractivity contribution >= 4 is 17.6 Å². The molecule has 8 nitrogen and oxygen atoms in total. The molecule has 0 aromatic heterocycles. The van der Waals surface area contributed by atoms with Gasteiger partial charge in [0.25, 0.3) is 11.6 Å². The van der Waals surface area contributed by atoms with Gasteiger partial charge in [0.05, 0.1) is 18.0 Å². The summed E-state index contributed by atoms with van der Waals surface area (Å²) in [5, 5.41) is 11.0. The number of methoxy groups -OCH3 is 1. The van der Waals surface area contributed by atoms with E-state index in [-0.39, 0.29) is 23.7 Å². The van der Waals surface area contributed by atoms with Gasteiger partial charge in [0.1, 0.15) is 0 Å². The van der Waals surface area contributed by atoms with Crippen LogP contribution in [0.2, 0.25) is 0 Å². The highest BCUT2D eigenvalue weighted by Gasteiger charge is 2.23. The van der Waals surface area contributed by atoms with Gasteiger partial charge in [-0.3, -0.25) is 19.7 Å². The van der Waals surface area contributed by atoms with Gasteiger partial charge in [-0.2, -0.15) is 0 Å². The molecule has 27 heavy (non-hydrogen) atoms. The highest BCUT2D eigenvalue weighted by atomic mass is 16.6. The second-order valence-electron chi connectivity index (χ2n) is 6.30. The molecule has 0 radical (unpaired) electrons. The average Bonchev–Trinajstić information content (AvgIpc) is 2.68. The van der Waals surface area contributed by atoms with E-state index in [4.69, 9.17) is 9.47 Å². The number of nitro groups is 1. The molecule has 0 spiro atoms. The number of benzene rings is 1. The fourth-order valence-electron chi connectivity index (χ4n) is 2.52. The minimum atomic E-state index is -0.542. The van der Waals surface area contributed by atoms with Crippen molar-refractivity contribution in [2.24, 2.45) is 5.92 Å². The van der Waals surface area contributed by atoms with Crippen LogP contribution < -0.4 is 0 Å². The summed E-state index contributed by atoms with van der Waals surface area (Å²) in [6.07, 6.45) is 2.64. The molecule has 1 aromatic carbocycles. The number of unbranched alkanes of at least 4 members (excludes halogenated alkanes) is 1. The molecule has 0 fully saturated rings. The molecule has 0 aliphatic carbocycles. The Morgan fingerprint density at radius 1 is 1.26 bits per heavy atom. The molecule has 1 atom stereocenters. The molecule has 0 bridgehead atoms. The largest absolute Gasteiger partial charge is 0.469 e.